The maximum absolute atomic E-state index is 9.75. The third-order valence-corrected chi connectivity index (χ3v) is 12.3. The highest BCUT2D eigenvalue weighted by Gasteiger charge is 2.22. The molecule has 2 nitrogen and oxygen atoms in total. The van der Waals surface area contributed by atoms with E-state index in [9.17, 15) is 17.3 Å². The van der Waals surface area contributed by atoms with Crippen LogP contribution in [0.4, 0.5) is 17.3 Å². The van der Waals surface area contributed by atoms with Crippen molar-refractivity contribution in [2.24, 2.45) is 0 Å². The van der Waals surface area contributed by atoms with Gasteiger partial charge in [-0.3, -0.25) is 0 Å². The number of hydrogen-bond donors (Lipinski definition) is 0. The number of rotatable bonds is 42. The van der Waals surface area contributed by atoms with E-state index in [0.717, 1.165) is 0 Å². The zero-order chi connectivity index (χ0) is 43.2. The molecule has 0 aromatic rings. The molecule has 0 aliphatic heterocycles. The zero-order valence-electron chi connectivity index (χ0n) is 41.1. The molecule has 0 saturated heterocycles. The van der Waals surface area contributed by atoms with Gasteiger partial charge in [0.15, 0.2) is 0 Å². The second-order valence-corrected chi connectivity index (χ2v) is 18.7. The molecule has 0 spiro atoms. The highest BCUT2D eigenvalue weighted by Crippen LogP contribution is 2.18. The summed E-state index contributed by atoms with van der Waals surface area (Å²) in [6.45, 7) is 22.4. The summed E-state index contributed by atoms with van der Waals surface area (Å²) in [5, 5.41) is 0. The molecule has 0 saturated carbocycles. The SMILES string of the molecule is CCCCCCCC[N+](C)(CCCCCCCC)CCCCCCCC.CCCCCCCC[N+](C)(CCCCCCCC)CCCCCCCC.F[B-](F)(F)F.[Cl-]. The van der Waals surface area contributed by atoms with Gasteiger partial charge in [-0.2, -0.15) is 0 Å². The second-order valence-electron chi connectivity index (χ2n) is 18.7. The van der Waals surface area contributed by atoms with Crippen LogP contribution in [-0.2, 0) is 0 Å². The summed E-state index contributed by atoms with van der Waals surface area (Å²) in [5.41, 5.74) is 0. The highest BCUT2D eigenvalue weighted by molar-refractivity contribution is 6.50. The predicted octanol–water partition coefficient (Wildman–Crippen LogP) is 15.3. The molecule has 356 valence electrons. The van der Waals surface area contributed by atoms with E-state index in [-0.39, 0.29) is 12.4 Å². The van der Waals surface area contributed by atoms with E-state index in [0.29, 0.717) is 0 Å². The molecule has 0 unspecified atom stereocenters. The molecular formula is C50H108BClF4N2. The zero-order valence-corrected chi connectivity index (χ0v) is 41.8. The lowest BCUT2D eigenvalue weighted by atomic mass is 10.1. The van der Waals surface area contributed by atoms with Crippen molar-refractivity contribution in [2.45, 2.75) is 273 Å². The summed E-state index contributed by atoms with van der Waals surface area (Å²) in [4.78, 5) is 0. The molecule has 0 amide bonds. The van der Waals surface area contributed by atoms with Gasteiger partial charge in [0.05, 0.1) is 53.4 Å². The lowest BCUT2D eigenvalue weighted by Gasteiger charge is -2.35. The van der Waals surface area contributed by atoms with E-state index in [4.69, 9.17) is 0 Å². The van der Waals surface area contributed by atoms with Crippen LogP contribution in [0, 0.1) is 0 Å². The number of nitrogens with zero attached hydrogens (tertiary/aromatic N) is 2. The lowest BCUT2D eigenvalue weighted by Crippen LogP contribution is -3.00. The monoisotopic (exact) mass is 859 g/mol. The third-order valence-electron chi connectivity index (χ3n) is 12.3. The van der Waals surface area contributed by atoms with E-state index in [1.807, 2.05) is 0 Å². The lowest BCUT2D eigenvalue weighted by molar-refractivity contribution is -0.910. The van der Waals surface area contributed by atoms with Crippen molar-refractivity contribution < 1.29 is 38.6 Å². The minimum atomic E-state index is -6.00. The van der Waals surface area contributed by atoms with Gasteiger partial charge in [-0.05, 0) is 77.0 Å². The third kappa shape index (κ3) is 58.1. The molecule has 0 bridgehead atoms. The van der Waals surface area contributed by atoms with E-state index in [2.05, 4.69) is 55.6 Å². The first-order chi connectivity index (χ1) is 27.4. The van der Waals surface area contributed by atoms with Gasteiger partial charge in [-0.1, -0.05) is 196 Å². The molecular weight excluding hydrogens is 751 g/mol. The van der Waals surface area contributed by atoms with Gasteiger partial charge in [0.1, 0.15) is 0 Å². The van der Waals surface area contributed by atoms with Crippen LogP contribution in [0.1, 0.15) is 273 Å². The largest absolute Gasteiger partial charge is 1.00 e. The summed E-state index contributed by atoms with van der Waals surface area (Å²) in [5.74, 6) is 0. The van der Waals surface area contributed by atoms with E-state index in [1.165, 1.54) is 279 Å². The minimum absolute atomic E-state index is 0. The Labute approximate surface area is 370 Å². The van der Waals surface area contributed by atoms with Gasteiger partial charge in [0, 0.05) is 0 Å². The van der Waals surface area contributed by atoms with Crippen LogP contribution in [-0.4, -0.2) is 69.6 Å². The molecule has 0 heterocycles. The smallest absolute Gasteiger partial charge is 0.673 e. The molecule has 0 aromatic heterocycles. The summed E-state index contributed by atoms with van der Waals surface area (Å²) in [6.07, 6.45) is 51.7. The van der Waals surface area contributed by atoms with Crippen molar-refractivity contribution in [3.05, 3.63) is 0 Å². The van der Waals surface area contributed by atoms with E-state index in [1.54, 1.807) is 0 Å². The van der Waals surface area contributed by atoms with Gasteiger partial charge in [0.25, 0.3) is 0 Å². The predicted molar refractivity (Wildman–Crippen MR) is 252 cm³/mol. The molecule has 0 N–H and O–H groups in total. The van der Waals surface area contributed by atoms with Crippen LogP contribution in [0.2, 0.25) is 0 Å². The molecule has 0 aliphatic rings. The molecule has 8 heteroatoms. The van der Waals surface area contributed by atoms with Crippen molar-refractivity contribution in [3.8, 4) is 0 Å². The summed E-state index contributed by atoms with van der Waals surface area (Å²) < 4.78 is 41.7. The van der Waals surface area contributed by atoms with Gasteiger partial charge >= 0.3 is 7.25 Å². The Bertz CT molecular complexity index is 601. The maximum Gasteiger partial charge on any atom is 0.673 e. The summed E-state index contributed by atoms with van der Waals surface area (Å²) in [7, 11) is -0.881. The van der Waals surface area contributed by atoms with Crippen LogP contribution in [0.25, 0.3) is 0 Å². The summed E-state index contributed by atoms with van der Waals surface area (Å²) in [6, 6.07) is 0. The van der Waals surface area contributed by atoms with E-state index < -0.39 is 7.25 Å². The number of halogens is 5. The highest BCUT2D eigenvalue weighted by atomic mass is 35.5. The van der Waals surface area contributed by atoms with Gasteiger partial charge in [0.2, 0.25) is 0 Å². The van der Waals surface area contributed by atoms with Crippen LogP contribution < -0.4 is 12.4 Å². The van der Waals surface area contributed by atoms with Crippen LogP contribution in [0.5, 0.6) is 0 Å². The normalized spacial score (nSPS) is 11.8. The standard InChI is InChI=1S/2C25H54N.BF4.ClH/c2*1-5-8-11-14-17-20-23-26(4,24-21-18-15-12-9-6-2)25-22-19-16-13-10-7-3;2-1(3,4)5;/h2*5-25H2,1-4H3;;1H/q2*+1;-1;/p-1. The fraction of sp³-hybridized carbons (Fsp3) is 1.00. The molecule has 58 heavy (non-hydrogen) atoms. The topological polar surface area (TPSA) is 0 Å². The molecule has 0 rings (SSSR count). The van der Waals surface area contributed by atoms with Gasteiger partial charge in [-0.15, -0.1) is 0 Å². The molecule has 0 aromatic carbocycles. The van der Waals surface area contributed by atoms with Crippen molar-refractivity contribution in [1.82, 2.24) is 0 Å². The quantitative estimate of drug-likeness (QED) is 0.0248. The first kappa shape index (κ1) is 64.6. The molecule has 0 atom stereocenters. The van der Waals surface area contributed by atoms with Crippen molar-refractivity contribution >= 4 is 7.25 Å². The van der Waals surface area contributed by atoms with Crippen molar-refractivity contribution in [2.75, 3.05) is 53.4 Å². The first-order valence-corrected chi connectivity index (χ1v) is 25.9. The minimum Gasteiger partial charge on any atom is -1.00 e. The molecule has 0 aliphatic carbocycles. The average Bonchev–Trinajstić information content (AvgIpc) is 3.16. The summed E-state index contributed by atoms with van der Waals surface area (Å²) >= 11 is 0. The van der Waals surface area contributed by atoms with Crippen LogP contribution in [0.15, 0.2) is 0 Å². The van der Waals surface area contributed by atoms with Gasteiger partial charge in [-0.25, -0.2) is 0 Å². The number of quaternary nitrogens is 2. The first-order valence-electron chi connectivity index (χ1n) is 25.9. The van der Waals surface area contributed by atoms with Crippen LogP contribution >= 0.6 is 0 Å². The fourth-order valence-corrected chi connectivity index (χ4v) is 8.31. The van der Waals surface area contributed by atoms with Crippen LogP contribution in [0.3, 0.4) is 0 Å². The fourth-order valence-electron chi connectivity index (χ4n) is 8.31. The second kappa shape index (κ2) is 49.6. The Morgan fingerprint density at radius 2 is 0.345 bits per heavy atom. The van der Waals surface area contributed by atoms with E-state index >= 15 is 0 Å². The Hall–Kier alpha value is -0.00506. The van der Waals surface area contributed by atoms with Crippen molar-refractivity contribution in [3.63, 3.8) is 0 Å². The van der Waals surface area contributed by atoms with Crippen molar-refractivity contribution in [1.29, 1.82) is 0 Å². The Morgan fingerprint density at radius 3 is 0.466 bits per heavy atom. The number of unbranched alkanes of at least 4 members (excludes halogenated alkanes) is 30. The van der Waals surface area contributed by atoms with Gasteiger partial charge < -0.3 is 38.6 Å². The average molecular weight is 860 g/mol. The molecule has 0 fully saturated rings. The number of hydrogen-bond acceptors (Lipinski definition) is 0. The Morgan fingerprint density at radius 1 is 0.241 bits per heavy atom. The Balaban J connectivity index is -0.000000442. The molecule has 0 radical (unpaired) electrons. The maximum atomic E-state index is 9.75. The Kier molecular flexibility index (Phi) is 55.3.